The zero-order valence-electron chi connectivity index (χ0n) is 10.6. The maximum Gasteiger partial charge on any atom is 0.259 e. The molecule has 0 radical (unpaired) electrons. The molecule has 2 heterocycles. The molecule has 0 fully saturated rings. The lowest BCUT2D eigenvalue weighted by molar-refractivity contribution is 0.102. The molecule has 0 unspecified atom stereocenters. The zero-order chi connectivity index (χ0) is 14.7. The van der Waals surface area contributed by atoms with Crippen molar-refractivity contribution in [3.8, 4) is 5.69 Å². The van der Waals surface area contributed by atoms with Crippen molar-refractivity contribution in [3.05, 3.63) is 59.0 Å². The summed E-state index contributed by atoms with van der Waals surface area (Å²) in [5, 5.41) is 13.7. The number of amides is 1. The quantitative estimate of drug-likeness (QED) is 0.785. The lowest BCUT2D eigenvalue weighted by Gasteiger charge is -2.09. The van der Waals surface area contributed by atoms with Crippen LogP contribution in [-0.4, -0.2) is 31.1 Å². The van der Waals surface area contributed by atoms with Crippen molar-refractivity contribution >= 4 is 27.7 Å². The van der Waals surface area contributed by atoms with E-state index in [0.29, 0.717) is 17.1 Å². The highest BCUT2D eigenvalue weighted by Gasteiger charge is 2.15. The normalized spacial score (nSPS) is 10.3. The Kier molecular flexibility index (Phi) is 3.69. The predicted molar refractivity (Wildman–Crippen MR) is 79.0 cm³/mol. The molecule has 0 bridgehead atoms. The van der Waals surface area contributed by atoms with Crippen molar-refractivity contribution in [2.24, 2.45) is 0 Å². The first-order valence-corrected chi connectivity index (χ1v) is 6.78. The molecule has 7 nitrogen and oxygen atoms in total. The molecule has 0 saturated heterocycles. The van der Waals surface area contributed by atoms with E-state index >= 15 is 0 Å². The lowest BCUT2D eigenvalue weighted by atomic mass is 10.1. The number of benzene rings is 1. The summed E-state index contributed by atoms with van der Waals surface area (Å²) in [5.74, 6) is 0.186. The Balaban J connectivity index is 1.97. The minimum absolute atomic E-state index is 0.291. The summed E-state index contributed by atoms with van der Waals surface area (Å²) in [5.41, 5.74) is 1.01. The Morgan fingerprint density at radius 2 is 2.14 bits per heavy atom. The zero-order valence-corrected chi connectivity index (χ0v) is 12.2. The summed E-state index contributed by atoms with van der Waals surface area (Å²) < 4.78 is 2.21. The minimum Gasteiger partial charge on any atom is -0.306 e. The third-order valence-corrected chi connectivity index (χ3v) is 3.20. The molecule has 1 amide bonds. The number of tetrazole rings is 1. The summed E-state index contributed by atoms with van der Waals surface area (Å²) in [4.78, 5) is 16.5. The molecule has 0 aliphatic carbocycles. The second-order valence-corrected chi connectivity index (χ2v) is 5.00. The van der Waals surface area contributed by atoms with Crippen LogP contribution in [0.5, 0.6) is 0 Å². The molecule has 3 rings (SSSR count). The van der Waals surface area contributed by atoms with Crippen LogP contribution >= 0.6 is 15.9 Å². The molecule has 2 aromatic heterocycles. The van der Waals surface area contributed by atoms with Crippen molar-refractivity contribution < 1.29 is 4.79 Å². The third kappa shape index (κ3) is 2.95. The van der Waals surface area contributed by atoms with Crippen LogP contribution in [0.25, 0.3) is 5.69 Å². The van der Waals surface area contributed by atoms with E-state index in [2.05, 4.69) is 41.8 Å². The van der Waals surface area contributed by atoms with Gasteiger partial charge in [0, 0.05) is 10.7 Å². The topological polar surface area (TPSA) is 85.6 Å². The Morgan fingerprint density at radius 3 is 2.86 bits per heavy atom. The van der Waals surface area contributed by atoms with Gasteiger partial charge in [0.2, 0.25) is 0 Å². The number of hydrogen-bond acceptors (Lipinski definition) is 5. The molecule has 1 N–H and O–H groups in total. The molecule has 8 heteroatoms. The van der Waals surface area contributed by atoms with Crippen molar-refractivity contribution in [2.45, 2.75) is 0 Å². The first-order valence-electron chi connectivity index (χ1n) is 5.99. The second-order valence-electron chi connectivity index (χ2n) is 4.08. The van der Waals surface area contributed by atoms with E-state index < -0.39 is 0 Å². The van der Waals surface area contributed by atoms with Crippen molar-refractivity contribution in [2.75, 3.05) is 5.32 Å². The van der Waals surface area contributed by atoms with Gasteiger partial charge >= 0.3 is 0 Å². The largest absolute Gasteiger partial charge is 0.306 e. The molecular formula is C13H9BrN6O. The highest BCUT2D eigenvalue weighted by molar-refractivity contribution is 9.10. The van der Waals surface area contributed by atoms with E-state index in [4.69, 9.17) is 0 Å². The standard InChI is InChI=1S/C13H9BrN6O/c14-9-4-5-11(20-8-16-18-19-20)10(7-9)13(21)17-12-3-1-2-6-15-12/h1-8H,(H,15,17,21). The number of rotatable bonds is 3. The van der Waals surface area contributed by atoms with Gasteiger partial charge in [-0.2, -0.15) is 4.68 Å². The Labute approximate surface area is 128 Å². The van der Waals surface area contributed by atoms with Gasteiger partial charge in [-0.05, 0) is 40.8 Å². The maximum atomic E-state index is 12.4. The van der Waals surface area contributed by atoms with Crippen LogP contribution in [0.2, 0.25) is 0 Å². The molecule has 3 aromatic rings. The van der Waals surface area contributed by atoms with Gasteiger partial charge in [-0.25, -0.2) is 4.98 Å². The first kappa shape index (κ1) is 13.4. The van der Waals surface area contributed by atoms with Crippen molar-refractivity contribution in [1.29, 1.82) is 0 Å². The molecule has 0 atom stereocenters. The van der Waals surface area contributed by atoms with E-state index in [1.165, 1.54) is 11.0 Å². The summed E-state index contributed by atoms with van der Waals surface area (Å²) in [6, 6.07) is 10.6. The number of aromatic nitrogens is 5. The molecule has 21 heavy (non-hydrogen) atoms. The van der Waals surface area contributed by atoms with Gasteiger partial charge in [0.25, 0.3) is 5.91 Å². The average molecular weight is 345 g/mol. The summed E-state index contributed by atoms with van der Waals surface area (Å²) in [6.45, 7) is 0. The van der Waals surface area contributed by atoms with E-state index in [0.717, 1.165) is 4.47 Å². The molecular weight excluding hydrogens is 336 g/mol. The highest BCUT2D eigenvalue weighted by Crippen LogP contribution is 2.20. The van der Waals surface area contributed by atoms with E-state index in [9.17, 15) is 4.79 Å². The SMILES string of the molecule is O=C(Nc1ccccn1)c1cc(Br)ccc1-n1cnnn1. The molecule has 0 aliphatic heterocycles. The fourth-order valence-electron chi connectivity index (χ4n) is 1.78. The third-order valence-electron chi connectivity index (χ3n) is 2.71. The summed E-state index contributed by atoms with van der Waals surface area (Å²) in [6.07, 6.45) is 3.04. The van der Waals surface area contributed by atoms with Crippen LogP contribution in [0.15, 0.2) is 53.4 Å². The predicted octanol–water partition coefficient (Wildman–Crippen LogP) is 2.07. The monoisotopic (exact) mass is 344 g/mol. The van der Waals surface area contributed by atoms with Crippen LogP contribution in [-0.2, 0) is 0 Å². The highest BCUT2D eigenvalue weighted by atomic mass is 79.9. The van der Waals surface area contributed by atoms with Crippen molar-refractivity contribution in [3.63, 3.8) is 0 Å². The maximum absolute atomic E-state index is 12.4. The van der Waals surface area contributed by atoms with Gasteiger partial charge < -0.3 is 5.32 Å². The molecule has 0 aliphatic rings. The van der Waals surface area contributed by atoms with Gasteiger partial charge in [-0.15, -0.1) is 5.10 Å². The van der Waals surface area contributed by atoms with Crippen LogP contribution in [0.4, 0.5) is 5.82 Å². The number of anilines is 1. The van der Waals surface area contributed by atoms with Gasteiger partial charge in [0.1, 0.15) is 12.1 Å². The lowest BCUT2D eigenvalue weighted by Crippen LogP contribution is -2.16. The molecule has 104 valence electrons. The fraction of sp³-hybridized carbons (Fsp3) is 0. The van der Waals surface area contributed by atoms with Crippen LogP contribution in [0, 0.1) is 0 Å². The first-order chi connectivity index (χ1) is 10.2. The smallest absolute Gasteiger partial charge is 0.259 e. The van der Waals surface area contributed by atoms with E-state index in [1.54, 1.807) is 36.5 Å². The summed E-state index contributed by atoms with van der Waals surface area (Å²) in [7, 11) is 0. The number of hydrogen-bond donors (Lipinski definition) is 1. The van der Waals surface area contributed by atoms with Gasteiger partial charge in [0.05, 0.1) is 11.3 Å². The Bertz CT molecular complexity index is 760. The molecule has 1 aromatic carbocycles. The molecule has 0 spiro atoms. The molecule has 0 saturated carbocycles. The van der Waals surface area contributed by atoms with Gasteiger partial charge in [-0.3, -0.25) is 4.79 Å². The van der Waals surface area contributed by atoms with E-state index in [1.807, 2.05) is 6.07 Å². The van der Waals surface area contributed by atoms with Crippen LogP contribution < -0.4 is 5.32 Å². The fourth-order valence-corrected chi connectivity index (χ4v) is 2.14. The number of halogens is 1. The van der Waals surface area contributed by atoms with Gasteiger partial charge in [-0.1, -0.05) is 22.0 Å². The Morgan fingerprint density at radius 1 is 1.24 bits per heavy atom. The van der Waals surface area contributed by atoms with Crippen molar-refractivity contribution in [1.82, 2.24) is 25.2 Å². The van der Waals surface area contributed by atoms with Gasteiger partial charge in [0.15, 0.2) is 0 Å². The minimum atomic E-state index is -0.291. The Hall–Kier alpha value is -2.61. The second kappa shape index (κ2) is 5.80. The number of nitrogens with zero attached hydrogens (tertiary/aromatic N) is 5. The number of carbonyl (C=O) groups excluding carboxylic acids is 1. The average Bonchev–Trinajstić information content (AvgIpc) is 3.02. The van der Waals surface area contributed by atoms with Crippen LogP contribution in [0.1, 0.15) is 10.4 Å². The summed E-state index contributed by atoms with van der Waals surface area (Å²) >= 11 is 3.36. The number of carbonyl (C=O) groups is 1. The number of pyridine rings is 1. The number of nitrogens with one attached hydrogen (secondary N) is 1. The van der Waals surface area contributed by atoms with Crippen LogP contribution in [0.3, 0.4) is 0 Å². The van der Waals surface area contributed by atoms with E-state index in [-0.39, 0.29) is 5.91 Å².